The molecule has 6 nitrogen and oxygen atoms in total. The van der Waals surface area contributed by atoms with Crippen molar-refractivity contribution in [1.82, 2.24) is 4.57 Å². The highest BCUT2D eigenvalue weighted by atomic mass is 16.5. The van der Waals surface area contributed by atoms with Crippen molar-refractivity contribution in [3.63, 3.8) is 0 Å². The molecule has 0 aliphatic carbocycles. The zero-order valence-electron chi connectivity index (χ0n) is 12.6. The Labute approximate surface area is 132 Å². The van der Waals surface area contributed by atoms with Crippen LogP contribution in [-0.2, 0) is 11.3 Å². The maximum absolute atomic E-state index is 12.6. The number of carbonyl (C=O) groups excluding carboxylic acids is 1. The van der Waals surface area contributed by atoms with E-state index >= 15 is 0 Å². The molecule has 6 heteroatoms. The number of nitrogen functional groups attached to an aromatic ring is 1. The van der Waals surface area contributed by atoms with E-state index in [1.54, 1.807) is 42.0 Å². The average Bonchev–Trinajstić information content (AvgIpc) is 3.03. The molecule has 0 saturated heterocycles. The van der Waals surface area contributed by atoms with Crippen molar-refractivity contribution in [2.45, 2.75) is 13.5 Å². The van der Waals surface area contributed by atoms with Gasteiger partial charge in [-0.1, -0.05) is 6.07 Å². The molecule has 0 unspecified atom stereocenters. The Bertz CT molecular complexity index is 910. The smallest absolute Gasteiger partial charge is 0.343 e. The summed E-state index contributed by atoms with van der Waals surface area (Å²) in [5.41, 5.74) is 6.46. The molecule has 1 aromatic carbocycles. The maximum Gasteiger partial charge on any atom is 0.343 e. The molecule has 0 spiro atoms. The number of rotatable bonds is 4. The van der Waals surface area contributed by atoms with Crippen LogP contribution < -0.4 is 11.2 Å². The van der Waals surface area contributed by atoms with Crippen LogP contribution in [0.4, 0.5) is 5.69 Å². The van der Waals surface area contributed by atoms with Gasteiger partial charge in [-0.05, 0) is 31.2 Å². The minimum absolute atomic E-state index is 0.0381. The summed E-state index contributed by atoms with van der Waals surface area (Å²) >= 11 is 0. The Morgan fingerprint density at radius 3 is 2.83 bits per heavy atom. The molecule has 0 bridgehead atoms. The summed E-state index contributed by atoms with van der Waals surface area (Å²) in [6, 6.07) is 8.78. The number of hydrogen-bond donors (Lipinski definition) is 1. The van der Waals surface area contributed by atoms with Gasteiger partial charge in [-0.2, -0.15) is 0 Å². The largest absolute Gasteiger partial charge is 0.467 e. The van der Waals surface area contributed by atoms with Crippen LogP contribution in [0.5, 0.6) is 0 Å². The van der Waals surface area contributed by atoms with Crippen LogP contribution in [0.3, 0.4) is 0 Å². The van der Waals surface area contributed by atoms with Crippen molar-refractivity contribution in [2.75, 3.05) is 12.3 Å². The van der Waals surface area contributed by atoms with E-state index in [4.69, 9.17) is 14.9 Å². The Morgan fingerprint density at radius 1 is 1.30 bits per heavy atom. The van der Waals surface area contributed by atoms with Gasteiger partial charge in [-0.3, -0.25) is 4.79 Å². The van der Waals surface area contributed by atoms with Crippen molar-refractivity contribution >= 4 is 22.6 Å². The summed E-state index contributed by atoms with van der Waals surface area (Å²) in [6.45, 7) is 2.26. The second-order valence-corrected chi connectivity index (χ2v) is 5.04. The zero-order chi connectivity index (χ0) is 16.4. The van der Waals surface area contributed by atoms with Gasteiger partial charge in [-0.25, -0.2) is 4.79 Å². The highest BCUT2D eigenvalue weighted by molar-refractivity contribution is 5.97. The van der Waals surface area contributed by atoms with Crippen LogP contribution in [0.15, 0.2) is 52.0 Å². The van der Waals surface area contributed by atoms with Gasteiger partial charge >= 0.3 is 5.97 Å². The van der Waals surface area contributed by atoms with Crippen LogP contribution in [0, 0.1) is 0 Å². The molecule has 0 aliphatic heterocycles. The van der Waals surface area contributed by atoms with E-state index in [1.165, 1.54) is 6.20 Å². The van der Waals surface area contributed by atoms with Gasteiger partial charge in [0.05, 0.1) is 30.3 Å². The van der Waals surface area contributed by atoms with E-state index in [-0.39, 0.29) is 12.2 Å². The molecular formula is C17H16N2O4. The van der Waals surface area contributed by atoms with E-state index in [0.29, 0.717) is 28.9 Å². The topological polar surface area (TPSA) is 87.5 Å². The molecular weight excluding hydrogens is 296 g/mol. The molecule has 0 aliphatic rings. The first-order valence-electron chi connectivity index (χ1n) is 7.23. The van der Waals surface area contributed by atoms with Crippen molar-refractivity contribution < 1.29 is 13.9 Å². The predicted octanol–water partition coefficient (Wildman–Crippen LogP) is 2.40. The Morgan fingerprint density at radius 2 is 2.13 bits per heavy atom. The predicted molar refractivity (Wildman–Crippen MR) is 86.4 cm³/mol. The molecule has 0 radical (unpaired) electrons. The van der Waals surface area contributed by atoms with Crippen LogP contribution in [-0.4, -0.2) is 17.1 Å². The number of aromatic nitrogens is 1. The molecule has 0 fully saturated rings. The number of nitrogens with zero attached hydrogens (tertiary/aromatic N) is 1. The number of hydrogen-bond acceptors (Lipinski definition) is 5. The molecule has 3 aromatic rings. The van der Waals surface area contributed by atoms with E-state index in [9.17, 15) is 9.59 Å². The number of fused-ring (bicyclic) bond motifs is 1. The highest BCUT2D eigenvalue weighted by Gasteiger charge is 2.18. The first kappa shape index (κ1) is 14.9. The van der Waals surface area contributed by atoms with Gasteiger partial charge in [0.25, 0.3) is 0 Å². The number of furan rings is 1. The molecule has 0 amide bonds. The quantitative estimate of drug-likeness (QED) is 0.590. The normalized spacial score (nSPS) is 10.8. The van der Waals surface area contributed by atoms with E-state index in [0.717, 1.165) is 0 Å². The van der Waals surface area contributed by atoms with Crippen LogP contribution >= 0.6 is 0 Å². The number of esters is 1. The van der Waals surface area contributed by atoms with Crippen molar-refractivity contribution in [1.29, 1.82) is 0 Å². The fraction of sp³-hybridized carbons (Fsp3) is 0.176. The molecule has 2 heterocycles. The van der Waals surface area contributed by atoms with Gasteiger partial charge in [0.2, 0.25) is 5.43 Å². The first-order valence-corrected chi connectivity index (χ1v) is 7.23. The van der Waals surface area contributed by atoms with Crippen molar-refractivity contribution in [3.05, 3.63) is 64.3 Å². The zero-order valence-corrected chi connectivity index (χ0v) is 12.6. The minimum atomic E-state index is -0.657. The van der Waals surface area contributed by atoms with Crippen LogP contribution in [0.25, 0.3) is 10.9 Å². The van der Waals surface area contributed by atoms with Gasteiger partial charge in [0.1, 0.15) is 11.3 Å². The lowest BCUT2D eigenvalue weighted by Crippen LogP contribution is -2.22. The molecule has 0 atom stereocenters. The molecule has 118 valence electrons. The lowest BCUT2D eigenvalue weighted by molar-refractivity contribution is 0.0524. The fourth-order valence-electron chi connectivity index (χ4n) is 2.52. The number of benzene rings is 1. The summed E-state index contributed by atoms with van der Waals surface area (Å²) in [5.74, 6) is 0.0445. The molecule has 3 rings (SSSR count). The summed E-state index contributed by atoms with van der Waals surface area (Å²) in [7, 11) is 0. The Balaban J connectivity index is 2.25. The lowest BCUT2D eigenvalue weighted by Gasteiger charge is -2.13. The van der Waals surface area contributed by atoms with Gasteiger partial charge < -0.3 is 19.5 Å². The molecule has 0 saturated carbocycles. The highest BCUT2D eigenvalue weighted by Crippen LogP contribution is 2.20. The van der Waals surface area contributed by atoms with E-state index in [1.807, 2.05) is 6.07 Å². The SMILES string of the molecule is CCOC(=O)c1cn(Cc2ccco2)c2cccc(N)c2c1=O. The van der Waals surface area contributed by atoms with E-state index < -0.39 is 11.4 Å². The minimum Gasteiger partial charge on any atom is -0.467 e. The second kappa shape index (κ2) is 6.00. The van der Waals surface area contributed by atoms with Crippen molar-refractivity contribution in [2.24, 2.45) is 0 Å². The maximum atomic E-state index is 12.6. The van der Waals surface area contributed by atoms with Crippen LogP contribution in [0.2, 0.25) is 0 Å². The Hall–Kier alpha value is -3.02. The molecule has 2 aromatic heterocycles. The monoisotopic (exact) mass is 312 g/mol. The fourth-order valence-corrected chi connectivity index (χ4v) is 2.52. The van der Waals surface area contributed by atoms with Gasteiger partial charge in [0.15, 0.2) is 0 Å². The number of pyridine rings is 1. The number of carbonyl (C=O) groups is 1. The lowest BCUT2D eigenvalue weighted by atomic mass is 10.1. The third-order valence-corrected chi connectivity index (χ3v) is 3.54. The molecule has 2 N–H and O–H groups in total. The van der Waals surface area contributed by atoms with Gasteiger partial charge in [0, 0.05) is 11.9 Å². The van der Waals surface area contributed by atoms with Crippen molar-refractivity contribution in [3.8, 4) is 0 Å². The molecule has 23 heavy (non-hydrogen) atoms. The number of nitrogens with two attached hydrogens (primary N) is 1. The number of anilines is 1. The summed E-state index contributed by atoms with van der Waals surface area (Å²) in [4.78, 5) is 24.7. The summed E-state index contributed by atoms with van der Waals surface area (Å²) in [5, 5.41) is 0.310. The third kappa shape index (κ3) is 2.70. The average molecular weight is 312 g/mol. The van der Waals surface area contributed by atoms with E-state index in [2.05, 4.69) is 0 Å². The van der Waals surface area contributed by atoms with Crippen LogP contribution in [0.1, 0.15) is 23.0 Å². The summed E-state index contributed by atoms with van der Waals surface area (Å²) < 4.78 is 12.1. The first-order chi connectivity index (χ1) is 11.1. The Kier molecular flexibility index (Phi) is 3.89. The van der Waals surface area contributed by atoms with Gasteiger partial charge in [-0.15, -0.1) is 0 Å². The second-order valence-electron chi connectivity index (χ2n) is 5.04. The standard InChI is InChI=1S/C17H16N2O4/c1-2-22-17(21)12-10-19(9-11-5-4-8-23-11)14-7-3-6-13(18)15(14)16(12)20/h3-8,10H,2,9,18H2,1H3. The summed E-state index contributed by atoms with van der Waals surface area (Å²) in [6.07, 6.45) is 3.06. The number of ether oxygens (including phenoxy) is 1. The third-order valence-electron chi connectivity index (χ3n) is 3.54.